The van der Waals surface area contributed by atoms with Gasteiger partial charge in [-0.05, 0) is 12.5 Å². The third kappa shape index (κ3) is 6.19. The number of hydrogen-bond acceptors (Lipinski definition) is 5. The van der Waals surface area contributed by atoms with E-state index in [2.05, 4.69) is 23.1 Å². The highest BCUT2D eigenvalue weighted by atomic mass is 16.6. The van der Waals surface area contributed by atoms with Gasteiger partial charge in [0.05, 0.1) is 12.6 Å². The summed E-state index contributed by atoms with van der Waals surface area (Å²) in [5.74, 6) is 0.0575. The molecule has 112 valence electrons. The third-order valence-corrected chi connectivity index (χ3v) is 2.61. The maximum Gasteiger partial charge on any atom is 0.433 e. The van der Waals surface area contributed by atoms with Gasteiger partial charge in [0.1, 0.15) is 10.7 Å². The van der Waals surface area contributed by atoms with Crippen molar-refractivity contribution in [1.29, 1.82) is 0 Å². The van der Waals surface area contributed by atoms with Crippen LogP contribution in [-0.2, 0) is 6.54 Å². The van der Waals surface area contributed by atoms with E-state index < -0.39 is 4.92 Å². The molecule has 0 aromatic carbocycles. The lowest BCUT2D eigenvalue weighted by atomic mass is 10.2. The zero-order valence-electron chi connectivity index (χ0n) is 11.5. The molecule has 8 heteroatoms. The number of carbonyl (C=O) groups excluding carboxylic acids is 1. The first-order valence-corrected chi connectivity index (χ1v) is 6.63. The molecule has 0 fully saturated rings. The summed E-state index contributed by atoms with van der Waals surface area (Å²) in [5.41, 5.74) is 5.06. The van der Waals surface area contributed by atoms with E-state index in [9.17, 15) is 14.9 Å². The lowest BCUT2D eigenvalue weighted by Crippen LogP contribution is -2.44. The third-order valence-electron chi connectivity index (χ3n) is 2.61. The van der Waals surface area contributed by atoms with Crippen molar-refractivity contribution in [3.8, 4) is 0 Å². The molecule has 1 aromatic heterocycles. The normalized spacial score (nSPS) is 10.2. The molecule has 2 amide bonds. The van der Waals surface area contributed by atoms with Crippen molar-refractivity contribution < 1.29 is 14.1 Å². The first-order chi connectivity index (χ1) is 9.63. The molecule has 0 atom stereocenters. The van der Waals surface area contributed by atoms with Gasteiger partial charge in [0.15, 0.2) is 0 Å². The van der Waals surface area contributed by atoms with E-state index in [1.807, 2.05) is 0 Å². The van der Waals surface area contributed by atoms with Gasteiger partial charge in [-0.2, -0.15) is 0 Å². The fraction of sp³-hybridized carbons (Fsp3) is 0.583. The Kier molecular flexibility index (Phi) is 7.12. The van der Waals surface area contributed by atoms with Crippen LogP contribution in [-0.4, -0.2) is 17.5 Å². The van der Waals surface area contributed by atoms with Gasteiger partial charge in [0.25, 0.3) is 0 Å². The molecule has 0 bridgehead atoms. The Morgan fingerprint density at radius 2 is 2.15 bits per heavy atom. The van der Waals surface area contributed by atoms with Crippen molar-refractivity contribution in [2.75, 3.05) is 6.54 Å². The second-order valence-electron chi connectivity index (χ2n) is 4.29. The second-order valence-corrected chi connectivity index (χ2v) is 4.29. The number of hydrogen-bond donors (Lipinski definition) is 3. The Morgan fingerprint density at radius 3 is 2.80 bits per heavy atom. The first-order valence-electron chi connectivity index (χ1n) is 6.63. The Bertz CT molecular complexity index is 433. The predicted molar refractivity (Wildman–Crippen MR) is 72.9 cm³/mol. The molecule has 1 aromatic rings. The summed E-state index contributed by atoms with van der Waals surface area (Å²) < 4.78 is 4.92. The predicted octanol–water partition coefficient (Wildman–Crippen LogP) is 2.07. The van der Waals surface area contributed by atoms with Crippen LogP contribution in [0.15, 0.2) is 16.5 Å². The average Bonchev–Trinajstić information content (AvgIpc) is 2.87. The zero-order chi connectivity index (χ0) is 14.8. The molecule has 0 spiro atoms. The van der Waals surface area contributed by atoms with Gasteiger partial charge >= 0.3 is 11.9 Å². The fourth-order valence-corrected chi connectivity index (χ4v) is 1.57. The Balaban J connectivity index is 2.10. The van der Waals surface area contributed by atoms with Crippen molar-refractivity contribution in [1.82, 2.24) is 16.2 Å². The van der Waals surface area contributed by atoms with Crippen molar-refractivity contribution in [3.63, 3.8) is 0 Å². The SMILES string of the molecule is CCCCCCNC(=O)NNCc1ccc([N+](=O)[O-])o1. The number of nitrogens with zero attached hydrogens (tertiary/aromatic N) is 1. The van der Waals surface area contributed by atoms with Crippen molar-refractivity contribution in [2.45, 2.75) is 39.2 Å². The highest BCUT2D eigenvalue weighted by Crippen LogP contribution is 2.14. The van der Waals surface area contributed by atoms with Gasteiger partial charge in [-0.3, -0.25) is 15.5 Å². The molecule has 1 rings (SSSR count). The molecule has 1 heterocycles. The standard InChI is InChI=1S/C12H20N4O4/c1-2-3-4-5-8-13-12(17)15-14-9-10-6-7-11(20-10)16(18)19/h6-7,14H,2-5,8-9H2,1H3,(H2,13,15,17). The highest BCUT2D eigenvalue weighted by Gasteiger charge is 2.11. The Morgan fingerprint density at radius 1 is 1.35 bits per heavy atom. The van der Waals surface area contributed by atoms with E-state index in [0.717, 1.165) is 19.3 Å². The van der Waals surface area contributed by atoms with Crippen LogP contribution in [0.25, 0.3) is 0 Å². The smallest absolute Gasteiger partial charge is 0.404 e. The topological polar surface area (TPSA) is 109 Å². The summed E-state index contributed by atoms with van der Waals surface area (Å²) in [6, 6.07) is 2.42. The van der Waals surface area contributed by atoms with Crippen LogP contribution in [0.5, 0.6) is 0 Å². The molecule has 3 N–H and O–H groups in total. The molecule has 0 aliphatic rings. The van der Waals surface area contributed by atoms with Crippen LogP contribution in [0.4, 0.5) is 10.7 Å². The van der Waals surface area contributed by atoms with Gasteiger partial charge < -0.3 is 9.73 Å². The number of nitrogens with one attached hydrogen (secondary N) is 3. The van der Waals surface area contributed by atoms with Crippen LogP contribution in [0, 0.1) is 10.1 Å². The lowest BCUT2D eigenvalue weighted by Gasteiger charge is -2.07. The van der Waals surface area contributed by atoms with Crippen LogP contribution in [0.3, 0.4) is 0 Å². The average molecular weight is 284 g/mol. The van der Waals surface area contributed by atoms with E-state index in [0.29, 0.717) is 12.3 Å². The van der Waals surface area contributed by atoms with E-state index in [4.69, 9.17) is 4.42 Å². The number of carbonyl (C=O) groups is 1. The minimum atomic E-state index is -0.611. The number of nitro groups is 1. The van der Waals surface area contributed by atoms with E-state index in [1.54, 1.807) is 0 Å². The summed E-state index contributed by atoms with van der Waals surface area (Å²) in [4.78, 5) is 21.1. The van der Waals surface area contributed by atoms with Crippen LogP contribution < -0.4 is 16.2 Å². The molecular weight excluding hydrogens is 264 g/mol. The van der Waals surface area contributed by atoms with E-state index in [-0.39, 0.29) is 18.5 Å². The molecule has 20 heavy (non-hydrogen) atoms. The van der Waals surface area contributed by atoms with Gasteiger partial charge in [0.2, 0.25) is 0 Å². The van der Waals surface area contributed by atoms with Crippen LogP contribution in [0.2, 0.25) is 0 Å². The number of rotatable bonds is 9. The summed E-state index contributed by atoms with van der Waals surface area (Å²) in [6.45, 7) is 2.93. The summed E-state index contributed by atoms with van der Waals surface area (Å²) in [7, 11) is 0. The molecule has 0 aliphatic carbocycles. The largest absolute Gasteiger partial charge is 0.433 e. The number of amides is 2. The Labute approximate surface area is 117 Å². The zero-order valence-corrected chi connectivity index (χ0v) is 11.5. The number of furan rings is 1. The lowest BCUT2D eigenvalue weighted by molar-refractivity contribution is -0.402. The Hall–Kier alpha value is -2.09. The summed E-state index contributed by atoms with van der Waals surface area (Å²) in [5, 5.41) is 13.1. The van der Waals surface area contributed by atoms with Crippen molar-refractivity contribution in [2.24, 2.45) is 0 Å². The molecule has 8 nitrogen and oxygen atoms in total. The fourth-order valence-electron chi connectivity index (χ4n) is 1.57. The number of unbranched alkanes of at least 4 members (excludes halogenated alkanes) is 3. The number of hydrazine groups is 1. The van der Waals surface area contributed by atoms with E-state index >= 15 is 0 Å². The van der Waals surface area contributed by atoms with Gasteiger partial charge in [-0.25, -0.2) is 10.2 Å². The molecule has 0 aliphatic heterocycles. The maximum absolute atomic E-state index is 11.4. The molecule has 0 saturated heterocycles. The van der Waals surface area contributed by atoms with Gasteiger partial charge in [-0.1, -0.05) is 26.2 Å². The van der Waals surface area contributed by atoms with Gasteiger partial charge in [0, 0.05) is 6.54 Å². The maximum atomic E-state index is 11.4. The van der Waals surface area contributed by atoms with Crippen molar-refractivity contribution in [3.05, 3.63) is 28.0 Å². The molecular formula is C12H20N4O4. The quantitative estimate of drug-likeness (QED) is 0.365. The molecule has 0 radical (unpaired) electrons. The second kappa shape index (κ2) is 8.92. The van der Waals surface area contributed by atoms with Crippen LogP contribution in [0.1, 0.15) is 38.4 Å². The number of urea groups is 1. The van der Waals surface area contributed by atoms with E-state index in [1.165, 1.54) is 18.6 Å². The summed E-state index contributed by atoms with van der Waals surface area (Å²) in [6.07, 6.45) is 4.37. The first kappa shape index (κ1) is 16.0. The van der Waals surface area contributed by atoms with Crippen LogP contribution >= 0.6 is 0 Å². The minimum absolute atomic E-state index is 0.178. The molecule has 0 saturated carbocycles. The monoisotopic (exact) mass is 284 g/mol. The highest BCUT2D eigenvalue weighted by molar-refractivity contribution is 5.73. The van der Waals surface area contributed by atoms with Crippen molar-refractivity contribution >= 4 is 11.9 Å². The summed E-state index contributed by atoms with van der Waals surface area (Å²) >= 11 is 0. The minimum Gasteiger partial charge on any atom is -0.404 e. The molecule has 0 unspecified atom stereocenters. The van der Waals surface area contributed by atoms with Gasteiger partial charge in [-0.15, -0.1) is 0 Å².